The standard InChI is InChI=1S/C27H32N4O5/c1-2-34-25-16-20(12-13-24(25)36-15-14-35-23-10-4-3-5-11-23)27(33)30-22-17-28-31(18-22)19-26(32)29-21-8-6-7-9-21/h3-5,10-13,16-18,21H,2,6-9,14-15,19H2,1H3,(H,29,32)(H,30,33). The van der Waals surface area contributed by atoms with Crippen LogP contribution in [-0.2, 0) is 11.3 Å². The fourth-order valence-electron chi connectivity index (χ4n) is 4.07. The van der Waals surface area contributed by atoms with Crippen LogP contribution in [0.25, 0.3) is 0 Å². The van der Waals surface area contributed by atoms with Crippen LogP contribution in [0.1, 0.15) is 43.0 Å². The number of hydrogen-bond donors (Lipinski definition) is 2. The Morgan fingerprint density at radius 2 is 1.78 bits per heavy atom. The van der Waals surface area contributed by atoms with Crippen LogP contribution < -0.4 is 24.8 Å². The quantitative estimate of drug-likeness (QED) is 0.370. The number of para-hydroxylation sites is 1. The Balaban J connectivity index is 1.30. The normalized spacial score (nSPS) is 13.2. The van der Waals surface area contributed by atoms with Crippen molar-refractivity contribution in [3.8, 4) is 17.2 Å². The first kappa shape index (κ1) is 25.1. The zero-order valence-corrected chi connectivity index (χ0v) is 20.4. The van der Waals surface area contributed by atoms with E-state index < -0.39 is 0 Å². The number of nitrogens with one attached hydrogen (secondary N) is 2. The van der Waals surface area contributed by atoms with Gasteiger partial charge in [-0.2, -0.15) is 5.10 Å². The van der Waals surface area contributed by atoms with Gasteiger partial charge in [0.25, 0.3) is 5.91 Å². The van der Waals surface area contributed by atoms with Gasteiger partial charge in [0, 0.05) is 17.8 Å². The summed E-state index contributed by atoms with van der Waals surface area (Å²) in [5.74, 6) is 1.39. The summed E-state index contributed by atoms with van der Waals surface area (Å²) in [7, 11) is 0. The number of carbonyl (C=O) groups is 2. The molecule has 1 saturated carbocycles. The Morgan fingerprint density at radius 3 is 2.56 bits per heavy atom. The van der Waals surface area contributed by atoms with Crippen molar-refractivity contribution in [1.82, 2.24) is 15.1 Å². The predicted octanol–water partition coefficient (Wildman–Crippen LogP) is 4.05. The number of aromatic nitrogens is 2. The summed E-state index contributed by atoms with van der Waals surface area (Å²) in [5, 5.41) is 10.0. The van der Waals surface area contributed by atoms with Crippen molar-refractivity contribution >= 4 is 17.5 Å². The van der Waals surface area contributed by atoms with Crippen LogP contribution in [0.2, 0.25) is 0 Å². The molecule has 9 nitrogen and oxygen atoms in total. The predicted molar refractivity (Wildman–Crippen MR) is 136 cm³/mol. The van der Waals surface area contributed by atoms with Crippen molar-refractivity contribution in [2.45, 2.75) is 45.2 Å². The van der Waals surface area contributed by atoms with Crippen LogP contribution in [0.4, 0.5) is 5.69 Å². The van der Waals surface area contributed by atoms with E-state index in [4.69, 9.17) is 14.2 Å². The summed E-state index contributed by atoms with van der Waals surface area (Å²) in [6.07, 6.45) is 7.53. The van der Waals surface area contributed by atoms with Gasteiger partial charge in [0.1, 0.15) is 25.5 Å². The Bertz CT molecular complexity index is 1140. The lowest BCUT2D eigenvalue weighted by molar-refractivity contribution is -0.122. The first-order valence-electron chi connectivity index (χ1n) is 12.3. The number of amides is 2. The van der Waals surface area contributed by atoms with Gasteiger partial charge >= 0.3 is 0 Å². The molecule has 2 N–H and O–H groups in total. The lowest BCUT2D eigenvalue weighted by Crippen LogP contribution is -2.35. The fourth-order valence-corrected chi connectivity index (χ4v) is 4.07. The molecule has 0 saturated heterocycles. The van der Waals surface area contributed by atoms with E-state index in [0.29, 0.717) is 42.6 Å². The van der Waals surface area contributed by atoms with Gasteiger partial charge < -0.3 is 24.8 Å². The second-order valence-electron chi connectivity index (χ2n) is 8.53. The molecule has 0 spiro atoms. The molecule has 36 heavy (non-hydrogen) atoms. The molecular weight excluding hydrogens is 460 g/mol. The molecular formula is C27H32N4O5. The summed E-state index contributed by atoms with van der Waals surface area (Å²) in [4.78, 5) is 25.0. The third-order valence-corrected chi connectivity index (χ3v) is 5.78. The number of ether oxygens (including phenoxy) is 3. The van der Waals surface area contributed by atoms with Crippen LogP contribution >= 0.6 is 0 Å². The second-order valence-corrected chi connectivity index (χ2v) is 8.53. The van der Waals surface area contributed by atoms with Gasteiger partial charge in [-0.3, -0.25) is 14.3 Å². The van der Waals surface area contributed by atoms with E-state index in [2.05, 4.69) is 15.7 Å². The maximum atomic E-state index is 12.8. The van der Waals surface area contributed by atoms with Crippen LogP contribution in [-0.4, -0.2) is 47.5 Å². The first-order valence-corrected chi connectivity index (χ1v) is 12.3. The lowest BCUT2D eigenvalue weighted by atomic mass is 10.2. The van der Waals surface area contributed by atoms with E-state index in [9.17, 15) is 9.59 Å². The van der Waals surface area contributed by atoms with Gasteiger partial charge in [-0.25, -0.2) is 0 Å². The summed E-state index contributed by atoms with van der Waals surface area (Å²) < 4.78 is 18.7. The molecule has 1 aromatic heterocycles. The minimum absolute atomic E-state index is 0.0750. The zero-order valence-electron chi connectivity index (χ0n) is 20.4. The number of benzene rings is 2. The largest absolute Gasteiger partial charge is 0.490 e. The number of anilines is 1. The molecule has 3 aromatic rings. The fraction of sp³-hybridized carbons (Fsp3) is 0.370. The SMILES string of the molecule is CCOc1cc(C(=O)Nc2cnn(CC(=O)NC3CCCC3)c2)ccc1OCCOc1ccccc1. The highest BCUT2D eigenvalue weighted by Gasteiger charge is 2.18. The highest BCUT2D eigenvalue weighted by atomic mass is 16.5. The van der Waals surface area contributed by atoms with Crippen molar-refractivity contribution in [2.24, 2.45) is 0 Å². The highest BCUT2D eigenvalue weighted by Crippen LogP contribution is 2.29. The minimum Gasteiger partial charge on any atom is -0.490 e. The topological polar surface area (TPSA) is 104 Å². The Labute approximate surface area is 210 Å². The molecule has 4 rings (SSSR count). The van der Waals surface area contributed by atoms with E-state index in [0.717, 1.165) is 31.4 Å². The molecule has 0 atom stereocenters. The third kappa shape index (κ3) is 7.24. The van der Waals surface area contributed by atoms with E-state index in [1.165, 1.54) is 10.9 Å². The summed E-state index contributed by atoms with van der Waals surface area (Å²) >= 11 is 0. The number of rotatable bonds is 12. The minimum atomic E-state index is -0.315. The monoisotopic (exact) mass is 492 g/mol. The molecule has 2 amide bonds. The molecule has 1 fully saturated rings. The molecule has 0 radical (unpaired) electrons. The molecule has 2 aromatic carbocycles. The van der Waals surface area contributed by atoms with Gasteiger partial charge in [-0.1, -0.05) is 31.0 Å². The smallest absolute Gasteiger partial charge is 0.255 e. The van der Waals surface area contributed by atoms with Crippen molar-refractivity contribution in [3.05, 3.63) is 66.5 Å². The van der Waals surface area contributed by atoms with Crippen LogP contribution in [0, 0.1) is 0 Å². The molecule has 9 heteroatoms. The molecule has 0 aliphatic heterocycles. The molecule has 0 unspecified atom stereocenters. The lowest BCUT2D eigenvalue weighted by Gasteiger charge is -2.14. The molecule has 1 aliphatic carbocycles. The first-order chi connectivity index (χ1) is 17.6. The molecule has 1 aliphatic rings. The van der Waals surface area contributed by atoms with Crippen molar-refractivity contribution in [3.63, 3.8) is 0 Å². The number of nitrogens with zero attached hydrogens (tertiary/aromatic N) is 2. The van der Waals surface area contributed by atoms with Gasteiger partial charge in [-0.15, -0.1) is 0 Å². The van der Waals surface area contributed by atoms with E-state index >= 15 is 0 Å². The number of carbonyl (C=O) groups excluding carboxylic acids is 2. The third-order valence-electron chi connectivity index (χ3n) is 5.78. The summed E-state index contributed by atoms with van der Waals surface area (Å²) in [6.45, 7) is 3.11. The Morgan fingerprint density at radius 1 is 1.00 bits per heavy atom. The van der Waals surface area contributed by atoms with Crippen molar-refractivity contribution in [2.75, 3.05) is 25.1 Å². The summed E-state index contributed by atoms with van der Waals surface area (Å²) in [5.41, 5.74) is 0.920. The van der Waals surface area contributed by atoms with Gasteiger partial charge in [0.2, 0.25) is 5.91 Å². The second kappa shape index (κ2) is 12.6. The zero-order chi connectivity index (χ0) is 25.2. The van der Waals surface area contributed by atoms with Crippen LogP contribution in [0.3, 0.4) is 0 Å². The molecule has 0 bridgehead atoms. The molecule has 1 heterocycles. The Kier molecular flexibility index (Phi) is 8.80. The van der Waals surface area contributed by atoms with E-state index in [1.54, 1.807) is 24.4 Å². The average molecular weight is 493 g/mol. The van der Waals surface area contributed by atoms with Crippen molar-refractivity contribution in [1.29, 1.82) is 0 Å². The van der Waals surface area contributed by atoms with Crippen LogP contribution in [0.15, 0.2) is 60.9 Å². The van der Waals surface area contributed by atoms with Crippen molar-refractivity contribution < 1.29 is 23.8 Å². The van der Waals surface area contributed by atoms with Gasteiger partial charge in [-0.05, 0) is 50.1 Å². The van der Waals surface area contributed by atoms with Gasteiger partial charge in [0.15, 0.2) is 11.5 Å². The maximum absolute atomic E-state index is 12.8. The van der Waals surface area contributed by atoms with Crippen LogP contribution in [0.5, 0.6) is 17.2 Å². The Hall–Kier alpha value is -4.01. The maximum Gasteiger partial charge on any atom is 0.255 e. The molecule has 190 valence electrons. The highest BCUT2D eigenvalue weighted by molar-refractivity contribution is 6.04. The van der Waals surface area contributed by atoms with E-state index in [-0.39, 0.29) is 24.4 Å². The van der Waals surface area contributed by atoms with Gasteiger partial charge in [0.05, 0.1) is 18.5 Å². The average Bonchev–Trinajstić information content (AvgIpc) is 3.55. The summed E-state index contributed by atoms with van der Waals surface area (Å²) in [6, 6.07) is 14.8. The number of hydrogen-bond acceptors (Lipinski definition) is 6. The van der Waals surface area contributed by atoms with E-state index in [1.807, 2.05) is 37.3 Å².